The fraction of sp³-hybridized carbons (Fsp3) is 0.300. The number of hydrogen-bond acceptors (Lipinski definition) is 2. The summed E-state index contributed by atoms with van der Waals surface area (Å²) < 4.78 is 12.0. The predicted octanol–water partition coefficient (Wildman–Crippen LogP) is 5.00. The normalized spacial score (nSPS) is 19.4. The lowest BCUT2D eigenvalue weighted by molar-refractivity contribution is 0.00578. The Morgan fingerprint density at radius 3 is 2.00 bits per heavy atom. The van der Waals surface area contributed by atoms with Crippen LogP contribution in [0.5, 0.6) is 0 Å². The van der Waals surface area contributed by atoms with Gasteiger partial charge in [-0.15, -0.1) is 0 Å². The highest BCUT2D eigenvalue weighted by molar-refractivity contribution is 6.52. The van der Waals surface area contributed by atoms with Gasteiger partial charge in [-0.25, -0.2) is 0 Å². The standard InChI is InChI=1S/C20H23BO2/c1-19(2)20(3,4)23-21(22-19)15-14-17-12-8-9-13-18(17)16-10-6-5-7-11-16/h5-15H,1-4H3/b15-14+. The van der Waals surface area contributed by atoms with Crippen LogP contribution in [0, 0.1) is 0 Å². The van der Waals surface area contributed by atoms with Crippen molar-refractivity contribution >= 4 is 13.2 Å². The van der Waals surface area contributed by atoms with E-state index in [0.29, 0.717) is 0 Å². The van der Waals surface area contributed by atoms with E-state index in [1.807, 2.05) is 12.0 Å². The topological polar surface area (TPSA) is 18.5 Å². The van der Waals surface area contributed by atoms with Gasteiger partial charge in [0.25, 0.3) is 0 Å². The van der Waals surface area contributed by atoms with Crippen molar-refractivity contribution in [3.8, 4) is 11.1 Å². The molecule has 0 N–H and O–H groups in total. The van der Waals surface area contributed by atoms with Gasteiger partial charge >= 0.3 is 7.12 Å². The first kappa shape index (κ1) is 16.0. The van der Waals surface area contributed by atoms with Crippen LogP contribution in [0.4, 0.5) is 0 Å². The van der Waals surface area contributed by atoms with Crippen LogP contribution in [0.25, 0.3) is 17.2 Å². The monoisotopic (exact) mass is 306 g/mol. The van der Waals surface area contributed by atoms with Crippen molar-refractivity contribution < 1.29 is 9.31 Å². The second-order valence-electron chi connectivity index (χ2n) is 6.94. The van der Waals surface area contributed by atoms with E-state index in [-0.39, 0.29) is 18.3 Å². The highest BCUT2D eigenvalue weighted by Crippen LogP contribution is 2.37. The van der Waals surface area contributed by atoms with E-state index in [4.69, 9.17) is 9.31 Å². The van der Waals surface area contributed by atoms with Crippen molar-refractivity contribution in [3.05, 3.63) is 66.1 Å². The van der Waals surface area contributed by atoms with Crippen LogP contribution >= 0.6 is 0 Å². The summed E-state index contributed by atoms with van der Waals surface area (Å²) in [6.07, 6.45) is 2.09. The van der Waals surface area contributed by atoms with Crippen LogP contribution < -0.4 is 0 Å². The molecule has 1 aliphatic heterocycles. The first-order valence-corrected chi connectivity index (χ1v) is 8.07. The Morgan fingerprint density at radius 2 is 1.35 bits per heavy atom. The summed E-state index contributed by atoms with van der Waals surface area (Å²) in [5.41, 5.74) is 2.97. The summed E-state index contributed by atoms with van der Waals surface area (Å²) in [7, 11) is -0.316. The third kappa shape index (κ3) is 3.26. The van der Waals surface area contributed by atoms with Gasteiger partial charge in [0.2, 0.25) is 0 Å². The van der Waals surface area contributed by atoms with Gasteiger partial charge in [-0.05, 0) is 44.4 Å². The molecule has 0 bridgehead atoms. The minimum Gasteiger partial charge on any atom is -0.400 e. The minimum absolute atomic E-state index is 0.305. The summed E-state index contributed by atoms with van der Waals surface area (Å²) in [6, 6.07) is 18.8. The Labute approximate surface area is 139 Å². The van der Waals surface area contributed by atoms with E-state index in [1.165, 1.54) is 11.1 Å². The Bertz CT molecular complexity index is 689. The maximum absolute atomic E-state index is 6.02. The van der Waals surface area contributed by atoms with Crippen LogP contribution in [0.3, 0.4) is 0 Å². The lowest BCUT2D eigenvalue weighted by Gasteiger charge is -2.32. The van der Waals surface area contributed by atoms with Crippen molar-refractivity contribution in [3.63, 3.8) is 0 Å². The van der Waals surface area contributed by atoms with Gasteiger partial charge in [-0.2, -0.15) is 0 Å². The second-order valence-corrected chi connectivity index (χ2v) is 6.94. The molecule has 0 amide bonds. The van der Waals surface area contributed by atoms with Crippen molar-refractivity contribution in [2.75, 3.05) is 0 Å². The van der Waals surface area contributed by atoms with Crippen molar-refractivity contribution in [2.45, 2.75) is 38.9 Å². The zero-order chi connectivity index (χ0) is 16.5. The zero-order valence-corrected chi connectivity index (χ0v) is 14.2. The fourth-order valence-corrected chi connectivity index (χ4v) is 2.67. The highest BCUT2D eigenvalue weighted by Gasteiger charge is 2.49. The maximum Gasteiger partial charge on any atom is 0.487 e. The van der Waals surface area contributed by atoms with Crippen LogP contribution in [-0.2, 0) is 9.31 Å². The predicted molar refractivity (Wildman–Crippen MR) is 97.0 cm³/mol. The molecule has 2 nitrogen and oxygen atoms in total. The summed E-state index contributed by atoms with van der Waals surface area (Å²) in [6.45, 7) is 8.27. The number of benzene rings is 2. The van der Waals surface area contributed by atoms with E-state index in [1.54, 1.807) is 0 Å². The molecule has 1 fully saturated rings. The Balaban J connectivity index is 1.85. The van der Waals surface area contributed by atoms with Crippen LogP contribution in [0.2, 0.25) is 0 Å². The molecule has 1 heterocycles. The Morgan fingerprint density at radius 1 is 0.783 bits per heavy atom. The lowest BCUT2D eigenvalue weighted by Crippen LogP contribution is -2.41. The minimum atomic E-state index is -0.316. The van der Waals surface area contributed by atoms with Crippen LogP contribution in [0.1, 0.15) is 33.3 Å². The molecular formula is C20H23BO2. The smallest absolute Gasteiger partial charge is 0.400 e. The molecule has 23 heavy (non-hydrogen) atoms. The van der Waals surface area contributed by atoms with Gasteiger partial charge in [-0.1, -0.05) is 66.6 Å². The van der Waals surface area contributed by atoms with E-state index < -0.39 is 0 Å². The van der Waals surface area contributed by atoms with Crippen LogP contribution in [0.15, 0.2) is 60.6 Å². The molecule has 1 aliphatic rings. The molecule has 118 valence electrons. The van der Waals surface area contributed by atoms with Gasteiger partial charge in [0, 0.05) is 0 Å². The molecule has 0 aliphatic carbocycles. The van der Waals surface area contributed by atoms with Crippen molar-refractivity contribution in [1.82, 2.24) is 0 Å². The Kier molecular flexibility index (Phi) is 4.18. The van der Waals surface area contributed by atoms with E-state index >= 15 is 0 Å². The average molecular weight is 306 g/mol. The molecule has 0 atom stereocenters. The van der Waals surface area contributed by atoms with Crippen molar-refractivity contribution in [2.24, 2.45) is 0 Å². The summed E-state index contributed by atoms with van der Waals surface area (Å²) >= 11 is 0. The summed E-state index contributed by atoms with van der Waals surface area (Å²) in [4.78, 5) is 0. The molecule has 1 saturated heterocycles. The largest absolute Gasteiger partial charge is 0.487 e. The molecule has 0 aromatic heterocycles. The van der Waals surface area contributed by atoms with Gasteiger partial charge in [0.15, 0.2) is 0 Å². The Hall–Kier alpha value is -1.84. The van der Waals surface area contributed by atoms with Gasteiger partial charge in [-0.3, -0.25) is 0 Å². The van der Waals surface area contributed by atoms with Crippen LogP contribution in [-0.4, -0.2) is 18.3 Å². The first-order chi connectivity index (χ1) is 10.9. The zero-order valence-electron chi connectivity index (χ0n) is 14.2. The number of hydrogen-bond donors (Lipinski definition) is 0. The molecular weight excluding hydrogens is 283 g/mol. The van der Waals surface area contributed by atoms with E-state index in [2.05, 4.69) is 82.3 Å². The fourth-order valence-electron chi connectivity index (χ4n) is 2.67. The van der Waals surface area contributed by atoms with E-state index in [0.717, 1.165) is 5.56 Å². The molecule has 3 heteroatoms. The molecule has 2 aromatic carbocycles. The van der Waals surface area contributed by atoms with E-state index in [9.17, 15) is 0 Å². The highest BCUT2D eigenvalue weighted by atomic mass is 16.7. The second kappa shape index (κ2) is 5.99. The van der Waals surface area contributed by atoms with Gasteiger partial charge in [0.05, 0.1) is 11.2 Å². The molecule has 0 saturated carbocycles. The van der Waals surface area contributed by atoms with Gasteiger partial charge in [0.1, 0.15) is 0 Å². The first-order valence-electron chi connectivity index (χ1n) is 8.07. The quantitative estimate of drug-likeness (QED) is 0.743. The molecule has 0 spiro atoms. The average Bonchev–Trinajstić information content (AvgIpc) is 2.74. The third-order valence-corrected chi connectivity index (χ3v) is 4.75. The molecule has 3 rings (SSSR count). The summed E-state index contributed by atoms with van der Waals surface area (Å²) in [5.74, 6) is 2.00. The SMILES string of the molecule is CC1(C)OB(/C=C/c2ccccc2-c2ccccc2)OC1(C)C. The number of rotatable bonds is 3. The molecule has 0 radical (unpaired) electrons. The third-order valence-electron chi connectivity index (χ3n) is 4.75. The molecule has 0 unspecified atom stereocenters. The van der Waals surface area contributed by atoms with Crippen molar-refractivity contribution in [1.29, 1.82) is 0 Å². The molecule has 2 aromatic rings. The summed E-state index contributed by atoms with van der Waals surface area (Å²) in [5, 5.41) is 0. The maximum atomic E-state index is 6.02. The van der Waals surface area contributed by atoms with Gasteiger partial charge < -0.3 is 9.31 Å². The lowest BCUT2D eigenvalue weighted by atomic mass is 9.88.